The van der Waals surface area contributed by atoms with Crippen LogP contribution in [0.4, 0.5) is 0 Å². The lowest BCUT2D eigenvalue weighted by Gasteiger charge is -2.24. The summed E-state index contributed by atoms with van der Waals surface area (Å²) >= 11 is 5.88. The van der Waals surface area contributed by atoms with Gasteiger partial charge in [0.1, 0.15) is 0 Å². The predicted octanol–water partition coefficient (Wildman–Crippen LogP) is 2.28. The van der Waals surface area contributed by atoms with E-state index in [9.17, 15) is 4.79 Å². The fraction of sp³-hybridized carbons (Fsp3) is 0.917. The topological polar surface area (TPSA) is 29.5 Å². The molecule has 1 aliphatic rings. The first-order valence-corrected chi connectivity index (χ1v) is 6.50. The minimum Gasteiger partial charge on any atom is -0.377 e. The van der Waals surface area contributed by atoms with E-state index in [2.05, 4.69) is 6.92 Å². The van der Waals surface area contributed by atoms with Crippen molar-refractivity contribution in [2.45, 2.75) is 44.6 Å². The van der Waals surface area contributed by atoms with Gasteiger partial charge in [0.25, 0.3) is 0 Å². The molecule has 16 heavy (non-hydrogen) atoms. The average Bonchev–Trinajstić information content (AvgIpc) is 2.72. The summed E-state index contributed by atoms with van der Waals surface area (Å²) < 4.78 is 5.54. The third-order valence-corrected chi connectivity index (χ3v) is 3.39. The van der Waals surface area contributed by atoms with Crippen molar-refractivity contribution in [3.8, 4) is 0 Å². The van der Waals surface area contributed by atoms with Crippen LogP contribution in [0.15, 0.2) is 0 Å². The van der Waals surface area contributed by atoms with Crippen molar-refractivity contribution in [1.29, 1.82) is 0 Å². The van der Waals surface area contributed by atoms with Crippen LogP contribution in [-0.2, 0) is 9.53 Å². The second-order valence-electron chi connectivity index (χ2n) is 4.54. The van der Waals surface area contributed by atoms with Crippen LogP contribution in [0, 0.1) is 5.92 Å². The Bertz CT molecular complexity index is 233. The molecule has 3 nitrogen and oxygen atoms in total. The van der Waals surface area contributed by atoms with Gasteiger partial charge < -0.3 is 9.64 Å². The minimum atomic E-state index is 0.0561. The van der Waals surface area contributed by atoms with Gasteiger partial charge in [0.15, 0.2) is 0 Å². The number of rotatable bonds is 5. The number of nitrogens with zero attached hydrogens (tertiary/aromatic N) is 1. The monoisotopic (exact) mass is 247 g/mol. The van der Waals surface area contributed by atoms with Crippen molar-refractivity contribution in [2.24, 2.45) is 5.92 Å². The molecule has 3 unspecified atom stereocenters. The molecular formula is C12H22ClNO2. The Balaban J connectivity index is 2.43. The molecule has 1 rings (SSSR count). The van der Waals surface area contributed by atoms with Crippen LogP contribution in [-0.4, -0.2) is 42.5 Å². The van der Waals surface area contributed by atoms with Gasteiger partial charge in [-0.3, -0.25) is 4.79 Å². The zero-order chi connectivity index (χ0) is 12.1. The van der Waals surface area contributed by atoms with Crippen molar-refractivity contribution >= 4 is 17.5 Å². The summed E-state index contributed by atoms with van der Waals surface area (Å²) in [4.78, 5) is 13.9. The summed E-state index contributed by atoms with van der Waals surface area (Å²) in [5.74, 6) is 0.266. The first kappa shape index (κ1) is 13.8. The van der Waals surface area contributed by atoms with Gasteiger partial charge in [-0.25, -0.2) is 0 Å². The van der Waals surface area contributed by atoms with E-state index in [4.69, 9.17) is 16.3 Å². The molecule has 3 atom stereocenters. The minimum absolute atomic E-state index is 0.0561. The zero-order valence-electron chi connectivity index (χ0n) is 10.4. The SMILES string of the molecule is CCC1OCCC1C(=O)N(C)CCC(C)Cl. The summed E-state index contributed by atoms with van der Waals surface area (Å²) in [6.45, 7) is 5.47. The highest BCUT2D eigenvalue weighted by Crippen LogP contribution is 2.25. The Labute approximate surface area is 103 Å². The lowest BCUT2D eigenvalue weighted by atomic mass is 9.98. The maximum atomic E-state index is 12.1. The second-order valence-corrected chi connectivity index (χ2v) is 5.29. The quantitative estimate of drug-likeness (QED) is 0.698. The van der Waals surface area contributed by atoms with Crippen molar-refractivity contribution in [3.63, 3.8) is 0 Å². The maximum Gasteiger partial charge on any atom is 0.228 e. The molecule has 94 valence electrons. The molecule has 0 aliphatic carbocycles. The largest absolute Gasteiger partial charge is 0.377 e. The van der Waals surface area contributed by atoms with E-state index in [1.54, 1.807) is 4.90 Å². The molecule has 0 bridgehead atoms. The fourth-order valence-corrected chi connectivity index (χ4v) is 2.20. The first-order valence-electron chi connectivity index (χ1n) is 6.06. The number of ether oxygens (including phenoxy) is 1. The van der Waals surface area contributed by atoms with Crippen molar-refractivity contribution in [3.05, 3.63) is 0 Å². The molecule has 0 N–H and O–H groups in total. The average molecular weight is 248 g/mol. The van der Waals surface area contributed by atoms with Crippen LogP contribution in [0.25, 0.3) is 0 Å². The molecule has 0 aromatic heterocycles. The van der Waals surface area contributed by atoms with Crippen LogP contribution in [0.1, 0.15) is 33.1 Å². The molecule has 1 amide bonds. The number of amides is 1. The van der Waals surface area contributed by atoms with Gasteiger partial charge in [-0.05, 0) is 26.2 Å². The van der Waals surface area contributed by atoms with Crippen molar-refractivity contribution in [2.75, 3.05) is 20.2 Å². The normalized spacial score (nSPS) is 26.8. The smallest absolute Gasteiger partial charge is 0.228 e. The molecule has 4 heteroatoms. The van der Waals surface area contributed by atoms with E-state index in [0.717, 1.165) is 25.8 Å². The van der Waals surface area contributed by atoms with Crippen LogP contribution in [0.2, 0.25) is 0 Å². The molecule has 0 aromatic rings. The van der Waals surface area contributed by atoms with Gasteiger partial charge in [0, 0.05) is 25.6 Å². The highest BCUT2D eigenvalue weighted by Gasteiger charge is 2.34. The van der Waals surface area contributed by atoms with Gasteiger partial charge in [-0.1, -0.05) is 6.92 Å². The molecule has 0 saturated carbocycles. The lowest BCUT2D eigenvalue weighted by Crippen LogP contribution is -2.37. The van der Waals surface area contributed by atoms with Gasteiger partial charge in [0.05, 0.1) is 12.0 Å². The molecule has 0 spiro atoms. The highest BCUT2D eigenvalue weighted by molar-refractivity contribution is 6.20. The lowest BCUT2D eigenvalue weighted by molar-refractivity contribution is -0.136. The Morgan fingerprint density at radius 1 is 1.62 bits per heavy atom. The van der Waals surface area contributed by atoms with E-state index in [0.29, 0.717) is 6.61 Å². The first-order chi connectivity index (χ1) is 7.56. The van der Waals surface area contributed by atoms with Gasteiger partial charge in [-0.15, -0.1) is 11.6 Å². The molecule has 0 radical (unpaired) electrons. The summed E-state index contributed by atoms with van der Waals surface area (Å²) in [5, 5.41) is 0.122. The summed E-state index contributed by atoms with van der Waals surface area (Å²) in [5.41, 5.74) is 0. The standard InChI is InChI=1S/C12H22ClNO2/c1-4-11-10(6-8-16-11)12(15)14(3)7-5-9(2)13/h9-11H,4-8H2,1-3H3. The van der Waals surface area contributed by atoms with Gasteiger partial charge >= 0.3 is 0 Å². The molecule has 0 aromatic carbocycles. The third-order valence-electron chi connectivity index (χ3n) is 3.17. The van der Waals surface area contributed by atoms with E-state index in [1.165, 1.54) is 0 Å². The van der Waals surface area contributed by atoms with Crippen molar-refractivity contribution in [1.82, 2.24) is 4.90 Å². The summed E-state index contributed by atoms with van der Waals surface area (Å²) in [7, 11) is 1.85. The second kappa shape index (κ2) is 6.45. The van der Waals surface area contributed by atoms with Crippen LogP contribution in [0.5, 0.6) is 0 Å². The Hall–Kier alpha value is -0.280. The van der Waals surface area contributed by atoms with E-state index in [1.807, 2.05) is 14.0 Å². The summed E-state index contributed by atoms with van der Waals surface area (Å²) in [6.07, 6.45) is 2.73. The van der Waals surface area contributed by atoms with Crippen LogP contribution < -0.4 is 0 Å². The molecular weight excluding hydrogens is 226 g/mol. The number of alkyl halides is 1. The van der Waals surface area contributed by atoms with E-state index < -0.39 is 0 Å². The van der Waals surface area contributed by atoms with Gasteiger partial charge in [0.2, 0.25) is 5.91 Å². The van der Waals surface area contributed by atoms with E-state index >= 15 is 0 Å². The Kier molecular flexibility index (Phi) is 5.56. The number of carbonyl (C=O) groups is 1. The highest BCUT2D eigenvalue weighted by atomic mass is 35.5. The van der Waals surface area contributed by atoms with E-state index in [-0.39, 0.29) is 23.3 Å². The van der Waals surface area contributed by atoms with Crippen molar-refractivity contribution < 1.29 is 9.53 Å². The molecule has 1 heterocycles. The Morgan fingerprint density at radius 3 is 2.88 bits per heavy atom. The Morgan fingerprint density at radius 2 is 2.31 bits per heavy atom. The number of hydrogen-bond donors (Lipinski definition) is 0. The molecule has 1 fully saturated rings. The van der Waals surface area contributed by atoms with Gasteiger partial charge in [-0.2, -0.15) is 0 Å². The maximum absolute atomic E-state index is 12.1. The van der Waals surface area contributed by atoms with Crippen LogP contribution >= 0.6 is 11.6 Å². The third kappa shape index (κ3) is 3.63. The number of hydrogen-bond acceptors (Lipinski definition) is 2. The molecule has 1 saturated heterocycles. The zero-order valence-corrected chi connectivity index (χ0v) is 11.2. The number of halogens is 1. The summed E-state index contributed by atoms with van der Waals surface area (Å²) in [6, 6.07) is 0. The number of carbonyl (C=O) groups excluding carboxylic acids is 1. The van der Waals surface area contributed by atoms with Crippen LogP contribution in [0.3, 0.4) is 0 Å². The fourth-order valence-electron chi connectivity index (χ4n) is 2.10. The predicted molar refractivity (Wildman–Crippen MR) is 65.7 cm³/mol. The molecule has 1 aliphatic heterocycles.